The van der Waals surface area contributed by atoms with Crippen LogP contribution in [0.25, 0.3) is 0 Å². The van der Waals surface area contributed by atoms with Gasteiger partial charge in [0.1, 0.15) is 12.1 Å². The zero-order valence-electron chi connectivity index (χ0n) is 12.2. The molecule has 3 atom stereocenters. The van der Waals surface area contributed by atoms with E-state index in [0.717, 1.165) is 16.9 Å². The van der Waals surface area contributed by atoms with Gasteiger partial charge >= 0.3 is 0 Å². The largest absolute Gasteiger partial charge is 0.330 e. The molecule has 3 heterocycles. The Kier molecular flexibility index (Phi) is 2.69. The normalized spacial score (nSPS) is 33.3. The van der Waals surface area contributed by atoms with E-state index in [4.69, 9.17) is 4.74 Å². The standard InChI is InChI=1S/C16H16N2O4/c1-10(19)18-14(20)12-8-5-9-17(12)15(21)16(18)13(22-16)11-6-3-2-4-7-11/h2-4,6-7,12-13H,5,8-9H2,1H3/t12-,13-,16+/m0/s1. The van der Waals surface area contributed by atoms with Crippen LogP contribution in [0.2, 0.25) is 0 Å². The van der Waals surface area contributed by atoms with Crippen molar-refractivity contribution in [2.45, 2.75) is 37.6 Å². The second-order valence-corrected chi connectivity index (χ2v) is 5.95. The average Bonchev–Trinajstić information content (AvgIpc) is 3.03. The van der Waals surface area contributed by atoms with Gasteiger partial charge in [0.05, 0.1) is 0 Å². The summed E-state index contributed by atoms with van der Waals surface area (Å²) in [4.78, 5) is 40.2. The Labute approximate surface area is 127 Å². The second-order valence-electron chi connectivity index (χ2n) is 5.95. The molecule has 3 saturated heterocycles. The molecule has 0 aromatic heterocycles. The van der Waals surface area contributed by atoms with E-state index in [2.05, 4.69) is 0 Å². The van der Waals surface area contributed by atoms with Crippen molar-refractivity contribution in [3.05, 3.63) is 35.9 Å². The van der Waals surface area contributed by atoms with Crippen LogP contribution in [0.3, 0.4) is 0 Å². The number of rotatable bonds is 1. The lowest BCUT2D eigenvalue weighted by molar-refractivity contribution is -0.173. The highest BCUT2D eigenvalue weighted by atomic mass is 16.6. The Balaban J connectivity index is 1.78. The van der Waals surface area contributed by atoms with Crippen LogP contribution in [0.1, 0.15) is 31.4 Å². The fourth-order valence-electron chi connectivity index (χ4n) is 3.67. The van der Waals surface area contributed by atoms with Gasteiger partial charge in [0.25, 0.3) is 17.5 Å². The maximum atomic E-state index is 12.9. The van der Waals surface area contributed by atoms with Crippen LogP contribution in [-0.2, 0) is 19.1 Å². The van der Waals surface area contributed by atoms with Crippen molar-refractivity contribution in [2.75, 3.05) is 6.54 Å². The summed E-state index contributed by atoms with van der Waals surface area (Å²) in [5.41, 5.74) is -0.668. The van der Waals surface area contributed by atoms with Crippen LogP contribution in [0, 0.1) is 0 Å². The van der Waals surface area contributed by atoms with Crippen LogP contribution in [0.5, 0.6) is 0 Å². The number of ether oxygens (including phenoxy) is 1. The molecule has 3 amide bonds. The number of amides is 3. The fourth-order valence-corrected chi connectivity index (χ4v) is 3.67. The molecule has 114 valence electrons. The van der Waals surface area contributed by atoms with Crippen molar-refractivity contribution >= 4 is 17.7 Å². The highest BCUT2D eigenvalue weighted by Crippen LogP contribution is 2.55. The van der Waals surface area contributed by atoms with Gasteiger partial charge in [-0.3, -0.25) is 14.4 Å². The maximum absolute atomic E-state index is 12.9. The SMILES string of the molecule is CC(=O)N1C(=O)[C@@H]2CCCN2C(=O)[C@@]12O[C@H]2c1ccccc1. The Morgan fingerprint density at radius 2 is 2.00 bits per heavy atom. The Morgan fingerprint density at radius 3 is 2.68 bits per heavy atom. The summed E-state index contributed by atoms with van der Waals surface area (Å²) < 4.78 is 5.69. The Hall–Kier alpha value is -2.21. The number of carbonyl (C=O) groups is 3. The first-order valence-electron chi connectivity index (χ1n) is 7.46. The van der Waals surface area contributed by atoms with Gasteiger partial charge in [0.15, 0.2) is 0 Å². The monoisotopic (exact) mass is 300 g/mol. The van der Waals surface area contributed by atoms with E-state index in [0.29, 0.717) is 13.0 Å². The molecule has 0 aliphatic carbocycles. The zero-order valence-corrected chi connectivity index (χ0v) is 12.2. The fraction of sp³-hybridized carbons (Fsp3) is 0.438. The van der Waals surface area contributed by atoms with E-state index in [1.54, 1.807) is 4.90 Å². The number of benzene rings is 1. The van der Waals surface area contributed by atoms with Crippen molar-refractivity contribution in [3.63, 3.8) is 0 Å². The van der Waals surface area contributed by atoms with Crippen molar-refractivity contribution < 1.29 is 19.1 Å². The van der Waals surface area contributed by atoms with E-state index in [-0.39, 0.29) is 11.8 Å². The molecule has 1 aromatic carbocycles. The number of epoxide rings is 1. The minimum atomic E-state index is -1.47. The Morgan fingerprint density at radius 1 is 1.27 bits per heavy atom. The summed E-state index contributed by atoms with van der Waals surface area (Å²) in [5, 5.41) is 0. The second kappa shape index (κ2) is 4.39. The number of hydrogen-bond acceptors (Lipinski definition) is 4. The third-order valence-electron chi connectivity index (χ3n) is 4.67. The molecule has 3 aliphatic rings. The minimum Gasteiger partial charge on any atom is -0.330 e. The van der Waals surface area contributed by atoms with Gasteiger partial charge in [-0.1, -0.05) is 30.3 Å². The van der Waals surface area contributed by atoms with E-state index in [1.807, 2.05) is 30.3 Å². The first kappa shape index (κ1) is 13.5. The van der Waals surface area contributed by atoms with Crippen LogP contribution >= 0.6 is 0 Å². The quantitative estimate of drug-likeness (QED) is 0.720. The van der Waals surface area contributed by atoms with Crippen LogP contribution in [0.4, 0.5) is 0 Å². The van der Waals surface area contributed by atoms with E-state index < -0.39 is 23.8 Å². The molecule has 3 fully saturated rings. The first-order valence-corrected chi connectivity index (χ1v) is 7.46. The number of carbonyl (C=O) groups excluding carboxylic acids is 3. The van der Waals surface area contributed by atoms with Crippen LogP contribution < -0.4 is 0 Å². The molecule has 0 saturated carbocycles. The molecule has 1 aromatic rings. The lowest BCUT2D eigenvalue weighted by atomic mass is 9.98. The molecule has 3 aliphatic heterocycles. The highest BCUT2D eigenvalue weighted by molar-refractivity contribution is 6.09. The Bertz CT molecular complexity index is 674. The van der Waals surface area contributed by atoms with Gasteiger partial charge in [0.2, 0.25) is 5.91 Å². The molecule has 6 heteroatoms. The summed E-state index contributed by atoms with van der Waals surface area (Å²) in [7, 11) is 0. The van der Waals surface area contributed by atoms with Gasteiger partial charge < -0.3 is 9.64 Å². The summed E-state index contributed by atoms with van der Waals surface area (Å²) in [6.07, 6.45) is 0.816. The zero-order chi connectivity index (χ0) is 15.5. The summed E-state index contributed by atoms with van der Waals surface area (Å²) >= 11 is 0. The van der Waals surface area contributed by atoms with Gasteiger partial charge in [0, 0.05) is 13.5 Å². The van der Waals surface area contributed by atoms with E-state index >= 15 is 0 Å². The summed E-state index contributed by atoms with van der Waals surface area (Å²) in [5.74, 6) is -1.02. The topological polar surface area (TPSA) is 70.2 Å². The third-order valence-corrected chi connectivity index (χ3v) is 4.67. The van der Waals surface area contributed by atoms with Crippen molar-refractivity contribution in [2.24, 2.45) is 0 Å². The predicted octanol–water partition coefficient (Wildman–Crippen LogP) is 0.834. The lowest BCUT2D eigenvalue weighted by Gasteiger charge is -2.39. The molecule has 4 rings (SSSR count). The molecule has 22 heavy (non-hydrogen) atoms. The molecular formula is C16H16N2O4. The van der Waals surface area contributed by atoms with Gasteiger partial charge in [-0.05, 0) is 18.4 Å². The molecule has 0 bridgehead atoms. The average molecular weight is 300 g/mol. The highest BCUT2D eigenvalue weighted by Gasteiger charge is 2.74. The number of fused-ring (bicyclic) bond motifs is 1. The van der Waals surface area contributed by atoms with Gasteiger partial charge in [-0.2, -0.15) is 0 Å². The number of hydrogen-bond donors (Lipinski definition) is 0. The molecular weight excluding hydrogens is 284 g/mol. The van der Waals surface area contributed by atoms with Crippen molar-refractivity contribution in [1.82, 2.24) is 9.80 Å². The van der Waals surface area contributed by atoms with Crippen molar-refractivity contribution in [1.29, 1.82) is 0 Å². The maximum Gasteiger partial charge on any atom is 0.280 e. The van der Waals surface area contributed by atoms with E-state index in [1.165, 1.54) is 6.92 Å². The smallest absolute Gasteiger partial charge is 0.280 e. The number of nitrogens with zero attached hydrogens (tertiary/aromatic N) is 2. The van der Waals surface area contributed by atoms with Crippen LogP contribution in [0.15, 0.2) is 30.3 Å². The first-order chi connectivity index (χ1) is 10.6. The van der Waals surface area contributed by atoms with E-state index in [9.17, 15) is 14.4 Å². The molecule has 1 spiro atoms. The minimum absolute atomic E-state index is 0.265. The molecule has 0 unspecified atom stereocenters. The number of piperazine rings is 1. The van der Waals surface area contributed by atoms with Gasteiger partial charge in [-0.25, -0.2) is 4.90 Å². The molecule has 6 nitrogen and oxygen atoms in total. The van der Waals surface area contributed by atoms with Gasteiger partial charge in [-0.15, -0.1) is 0 Å². The molecule has 0 radical (unpaired) electrons. The van der Waals surface area contributed by atoms with Crippen molar-refractivity contribution in [3.8, 4) is 0 Å². The predicted molar refractivity (Wildman–Crippen MR) is 75.3 cm³/mol. The number of imide groups is 1. The van der Waals surface area contributed by atoms with Crippen LogP contribution in [-0.4, -0.2) is 45.8 Å². The summed E-state index contributed by atoms with van der Waals surface area (Å²) in [6, 6.07) is 8.72. The third kappa shape index (κ3) is 1.56. The lowest BCUT2D eigenvalue weighted by Crippen LogP contribution is -2.66. The molecule has 0 N–H and O–H groups in total. The summed E-state index contributed by atoms with van der Waals surface area (Å²) in [6.45, 7) is 1.86.